The number of rotatable bonds is 5. The summed E-state index contributed by atoms with van der Waals surface area (Å²) in [5.74, 6) is 0.125. The van der Waals surface area contributed by atoms with Crippen molar-refractivity contribution in [2.45, 2.75) is 26.3 Å². The quantitative estimate of drug-likeness (QED) is 0.879. The molecule has 2 rings (SSSR count). The van der Waals surface area contributed by atoms with Crippen molar-refractivity contribution in [3.63, 3.8) is 0 Å². The van der Waals surface area contributed by atoms with Gasteiger partial charge < -0.3 is 15.0 Å². The van der Waals surface area contributed by atoms with E-state index in [1.54, 1.807) is 0 Å². The molecule has 1 heterocycles. The van der Waals surface area contributed by atoms with Gasteiger partial charge in [0.1, 0.15) is 0 Å². The third kappa shape index (κ3) is 2.85. The third-order valence-electron chi connectivity index (χ3n) is 3.99. The maximum atomic E-state index is 12.3. The van der Waals surface area contributed by atoms with Crippen LogP contribution in [0.4, 0.5) is 0 Å². The predicted octanol–water partition coefficient (Wildman–Crippen LogP) is 2.32. The summed E-state index contributed by atoms with van der Waals surface area (Å²) in [5, 5.41) is 13.3. The summed E-state index contributed by atoms with van der Waals surface area (Å²) < 4.78 is 2.02. The minimum absolute atomic E-state index is 0.0334. The summed E-state index contributed by atoms with van der Waals surface area (Å²) in [7, 11) is 1.98. The lowest BCUT2D eigenvalue weighted by atomic mass is 9.99. The number of aliphatic hydroxyl groups is 1. The summed E-state index contributed by atoms with van der Waals surface area (Å²) in [4.78, 5) is 12.3. The van der Waals surface area contributed by atoms with Crippen molar-refractivity contribution in [3.05, 3.63) is 36.0 Å². The van der Waals surface area contributed by atoms with Crippen molar-refractivity contribution in [3.8, 4) is 0 Å². The molecule has 0 aliphatic heterocycles. The highest BCUT2D eigenvalue weighted by molar-refractivity contribution is 5.98. The number of fused-ring (bicyclic) bond motifs is 1. The minimum Gasteiger partial charge on any atom is -0.394 e. The van der Waals surface area contributed by atoms with E-state index in [1.165, 1.54) is 0 Å². The first-order valence-corrected chi connectivity index (χ1v) is 7.03. The fourth-order valence-corrected chi connectivity index (χ4v) is 2.33. The van der Waals surface area contributed by atoms with E-state index in [1.807, 2.05) is 49.0 Å². The van der Waals surface area contributed by atoms with E-state index < -0.39 is 0 Å². The number of amides is 1. The van der Waals surface area contributed by atoms with Crippen LogP contribution in [0.5, 0.6) is 0 Å². The smallest absolute Gasteiger partial charge is 0.251 e. The Morgan fingerprint density at radius 3 is 2.80 bits per heavy atom. The fraction of sp³-hybridized carbons (Fsp3) is 0.438. The Morgan fingerprint density at radius 2 is 2.15 bits per heavy atom. The second kappa shape index (κ2) is 6.09. The summed E-state index contributed by atoms with van der Waals surface area (Å²) in [6, 6.07) is 7.45. The molecule has 0 spiro atoms. The molecule has 0 unspecified atom stereocenters. The normalized spacial score (nSPS) is 14.2. The van der Waals surface area contributed by atoms with Crippen molar-refractivity contribution in [2.75, 3.05) is 6.61 Å². The first-order chi connectivity index (χ1) is 9.56. The van der Waals surface area contributed by atoms with Crippen LogP contribution in [0, 0.1) is 5.92 Å². The highest BCUT2D eigenvalue weighted by Crippen LogP contribution is 2.17. The van der Waals surface area contributed by atoms with Crippen LogP contribution in [0.15, 0.2) is 30.5 Å². The number of hydrogen-bond donors (Lipinski definition) is 2. The summed E-state index contributed by atoms with van der Waals surface area (Å²) in [5.41, 5.74) is 1.73. The van der Waals surface area contributed by atoms with Gasteiger partial charge in [-0.05, 0) is 30.2 Å². The lowest BCUT2D eigenvalue weighted by Crippen LogP contribution is -2.41. The second-order valence-corrected chi connectivity index (χ2v) is 5.35. The molecule has 1 aromatic carbocycles. The molecule has 0 saturated heterocycles. The van der Waals surface area contributed by atoms with Crippen LogP contribution in [0.1, 0.15) is 30.6 Å². The molecule has 2 atom stereocenters. The zero-order valence-electron chi connectivity index (χ0n) is 12.3. The maximum Gasteiger partial charge on any atom is 0.251 e. The molecular weight excluding hydrogens is 252 g/mol. The van der Waals surface area contributed by atoms with E-state index in [2.05, 4.69) is 12.2 Å². The second-order valence-electron chi connectivity index (χ2n) is 5.35. The van der Waals surface area contributed by atoms with E-state index in [9.17, 15) is 9.90 Å². The van der Waals surface area contributed by atoms with Gasteiger partial charge in [0.05, 0.1) is 12.6 Å². The number of aryl methyl sites for hydroxylation is 1. The zero-order chi connectivity index (χ0) is 14.7. The number of benzene rings is 1. The molecule has 1 aromatic heterocycles. The van der Waals surface area contributed by atoms with Gasteiger partial charge >= 0.3 is 0 Å². The van der Waals surface area contributed by atoms with Gasteiger partial charge in [-0.3, -0.25) is 4.79 Å². The van der Waals surface area contributed by atoms with Crippen LogP contribution in [0.2, 0.25) is 0 Å². The van der Waals surface area contributed by atoms with Gasteiger partial charge in [0, 0.05) is 29.7 Å². The standard InChI is InChI=1S/C16H22N2O2/c1-4-11(2)14(10-19)17-16(20)13-5-6-15-12(9-13)7-8-18(15)3/h5-9,11,14,19H,4,10H2,1-3H3,(H,17,20)/t11-,14+/m1/s1. The summed E-state index contributed by atoms with van der Waals surface area (Å²) in [6.07, 6.45) is 2.89. The Bertz CT molecular complexity index is 604. The molecule has 0 aliphatic carbocycles. The highest BCUT2D eigenvalue weighted by atomic mass is 16.3. The number of carbonyl (C=O) groups excluding carboxylic acids is 1. The summed E-state index contributed by atoms with van der Waals surface area (Å²) in [6.45, 7) is 4.05. The number of aromatic nitrogens is 1. The lowest BCUT2D eigenvalue weighted by Gasteiger charge is -2.22. The first-order valence-electron chi connectivity index (χ1n) is 7.03. The lowest BCUT2D eigenvalue weighted by molar-refractivity contribution is 0.0891. The first kappa shape index (κ1) is 14.6. The monoisotopic (exact) mass is 274 g/mol. The van der Waals surface area contributed by atoms with Gasteiger partial charge in [0.15, 0.2) is 0 Å². The van der Waals surface area contributed by atoms with E-state index in [0.717, 1.165) is 17.3 Å². The van der Waals surface area contributed by atoms with Crippen LogP contribution in [-0.2, 0) is 7.05 Å². The molecule has 0 aliphatic rings. The molecule has 4 heteroatoms. The Hall–Kier alpha value is -1.81. The number of hydrogen-bond acceptors (Lipinski definition) is 2. The number of nitrogens with zero attached hydrogens (tertiary/aromatic N) is 1. The molecule has 108 valence electrons. The van der Waals surface area contributed by atoms with Gasteiger partial charge in [-0.1, -0.05) is 20.3 Å². The fourth-order valence-electron chi connectivity index (χ4n) is 2.33. The van der Waals surface area contributed by atoms with Gasteiger partial charge in [-0.15, -0.1) is 0 Å². The van der Waals surface area contributed by atoms with Gasteiger partial charge in [0.2, 0.25) is 0 Å². The molecule has 4 nitrogen and oxygen atoms in total. The van der Waals surface area contributed by atoms with Crippen molar-refractivity contribution in [2.24, 2.45) is 13.0 Å². The van der Waals surface area contributed by atoms with Crippen LogP contribution < -0.4 is 5.32 Å². The van der Waals surface area contributed by atoms with Crippen molar-refractivity contribution in [1.82, 2.24) is 9.88 Å². The Labute approximate surface area is 119 Å². The average molecular weight is 274 g/mol. The topological polar surface area (TPSA) is 54.3 Å². The van der Waals surface area contributed by atoms with Crippen molar-refractivity contribution in [1.29, 1.82) is 0 Å². The van der Waals surface area contributed by atoms with E-state index in [0.29, 0.717) is 5.56 Å². The molecule has 2 aromatic rings. The third-order valence-corrected chi connectivity index (χ3v) is 3.99. The van der Waals surface area contributed by atoms with Gasteiger partial charge in [-0.25, -0.2) is 0 Å². The van der Waals surface area contributed by atoms with E-state index in [-0.39, 0.29) is 24.5 Å². The van der Waals surface area contributed by atoms with Gasteiger partial charge in [-0.2, -0.15) is 0 Å². The van der Waals surface area contributed by atoms with Crippen LogP contribution >= 0.6 is 0 Å². The highest BCUT2D eigenvalue weighted by Gasteiger charge is 2.18. The molecule has 1 amide bonds. The number of nitrogens with one attached hydrogen (secondary N) is 1. The average Bonchev–Trinajstić information content (AvgIpc) is 2.84. The largest absolute Gasteiger partial charge is 0.394 e. The maximum absolute atomic E-state index is 12.3. The SMILES string of the molecule is CC[C@@H](C)[C@H](CO)NC(=O)c1ccc2c(ccn2C)c1. The zero-order valence-corrected chi connectivity index (χ0v) is 12.3. The Kier molecular flexibility index (Phi) is 4.45. The van der Waals surface area contributed by atoms with Crippen LogP contribution in [0.3, 0.4) is 0 Å². The minimum atomic E-state index is -0.195. The molecule has 2 N–H and O–H groups in total. The number of aliphatic hydroxyl groups excluding tert-OH is 1. The Balaban J connectivity index is 2.18. The van der Waals surface area contributed by atoms with E-state index >= 15 is 0 Å². The molecule has 0 saturated carbocycles. The molecular formula is C16H22N2O2. The van der Waals surface area contributed by atoms with Crippen LogP contribution in [-0.4, -0.2) is 28.2 Å². The van der Waals surface area contributed by atoms with Crippen LogP contribution in [0.25, 0.3) is 10.9 Å². The molecule has 0 fully saturated rings. The predicted molar refractivity (Wildman–Crippen MR) is 80.7 cm³/mol. The van der Waals surface area contributed by atoms with Gasteiger partial charge in [0.25, 0.3) is 5.91 Å². The number of carbonyl (C=O) groups is 1. The van der Waals surface area contributed by atoms with Crippen molar-refractivity contribution >= 4 is 16.8 Å². The Morgan fingerprint density at radius 1 is 1.40 bits per heavy atom. The van der Waals surface area contributed by atoms with E-state index in [4.69, 9.17) is 0 Å². The molecule has 0 bridgehead atoms. The molecule has 20 heavy (non-hydrogen) atoms. The molecule has 0 radical (unpaired) electrons. The summed E-state index contributed by atoms with van der Waals surface area (Å²) >= 11 is 0. The van der Waals surface area contributed by atoms with Crippen molar-refractivity contribution < 1.29 is 9.90 Å².